The molecule has 1 heterocycles. The minimum absolute atomic E-state index is 0.361. The maximum atomic E-state index is 10.8. The van der Waals surface area contributed by atoms with Gasteiger partial charge in [0.05, 0.1) is 18.8 Å². The fourth-order valence-corrected chi connectivity index (χ4v) is 3.92. The molecule has 0 aliphatic heterocycles. The summed E-state index contributed by atoms with van der Waals surface area (Å²) in [5.41, 5.74) is 2.01. The molecular weight excluding hydrogens is 380 g/mol. The first-order valence-corrected chi connectivity index (χ1v) is 10.6. The summed E-state index contributed by atoms with van der Waals surface area (Å²) in [6, 6.07) is 19.9. The molecular formula is C23H28N4OS. The van der Waals surface area contributed by atoms with Crippen molar-refractivity contribution in [3.63, 3.8) is 0 Å². The molecule has 1 unspecified atom stereocenters. The molecule has 3 aromatic rings. The third kappa shape index (κ3) is 5.65. The van der Waals surface area contributed by atoms with Crippen LogP contribution in [0.2, 0.25) is 0 Å². The van der Waals surface area contributed by atoms with Crippen molar-refractivity contribution in [3.05, 3.63) is 76.8 Å². The van der Waals surface area contributed by atoms with Crippen molar-refractivity contribution in [1.82, 2.24) is 15.6 Å². The average Bonchev–Trinajstić information content (AvgIpc) is 3.12. The van der Waals surface area contributed by atoms with Crippen molar-refractivity contribution in [2.45, 2.75) is 32.9 Å². The second-order valence-electron chi connectivity index (χ2n) is 7.08. The number of rotatable bonds is 7. The lowest BCUT2D eigenvalue weighted by atomic mass is 9.96. The molecule has 1 atom stereocenters. The van der Waals surface area contributed by atoms with Crippen molar-refractivity contribution < 1.29 is 5.11 Å². The van der Waals surface area contributed by atoms with Crippen LogP contribution in [0.25, 0.3) is 10.6 Å². The predicted octanol–water partition coefficient (Wildman–Crippen LogP) is 4.08. The average molecular weight is 409 g/mol. The van der Waals surface area contributed by atoms with Crippen LogP contribution in [0, 0.1) is 6.92 Å². The molecule has 0 aliphatic carbocycles. The van der Waals surface area contributed by atoms with Crippen LogP contribution in [0.5, 0.6) is 0 Å². The van der Waals surface area contributed by atoms with Gasteiger partial charge in [0, 0.05) is 17.0 Å². The van der Waals surface area contributed by atoms with Gasteiger partial charge in [-0.2, -0.15) is 0 Å². The number of hydrogen-bond donors (Lipinski definition) is 3. The quantitative estimate of drug-likeness (QED) is 0.407. The van der Waals surface area contributed by atoms with Gasteiger partial charge in [-0.1, -0.05) is 60.7 Å². The van der Waals surface area contributed by atoms with Gasteiger partial charge in [-0.15, -0.1) is 11.3 Å². The van der Waals surface area contributed by atoms with Gasteiger partial charge in [-0.3, -0.25) is 0 Å². The van der Waals surface area contributed by atoms with Crippen LogP contribution in [0.15, 0.2) is 65.7 Å². The maximum Gasteiger partial charge on any atom is 0.191 e. The highest BCUT2D eigenvalue weighted by Gasteiger charge is 2.23. The van der Waals surface area contributed by atoms with Crippen molar-refractivity contribution >= 4 is 17.3 Å². The molecule has 3 N–H and O–H groups in total. The number of hydrogen-bond acceptors (Lipinski definition) is 4. The second-order valence-corrected chi connectivity index (χ2v) is 8.17. The van der Waals surface area contributed by atoms with E-state index in [9.17, 15) is 5.11 Å². The lowest BCUT2D eigenvalue weighted by Crippen LogP contribution is -2.44. The number of aromatic nitrogens is 1. The zero-order valence-electron chi connectivity index (χ0n) is 17.1. The van der Waals surface area contributed by atoms with Gasteiger partial charge in [0.15, 0.2) is 5.96 Å². The van der Waals surface area contributed by atoms with E-state index >= 15 is 0 Å². The summed E-state index contributed by atoms with van der Waals surface area (Å²) in [6.07, 6.45) is 0. The van der Waals surface area contributed by atoms with E-state index in [0.717, 1.165) is 33.3 Å². The molecule has 0 aliphatic rings. The lowest BCUT2D eigenvalue weighted by molar-refractivity contribution is 0.0617. The van der Waals surface area contributed by atoms with E-state index in [4.69, 9.17) is 9.98 Å². The third-order valence-electron chi connectivity index (χ3n) is 4.63. The fourth-order valence-electron chi connectivity index (χ4n) is 2.93. The molecule has 0 saturated heterocycles. The summed E-state index contributed by atoms with van der Waals surface area (Å²) >= 11 is 1.67. The van der Waals surface area contributed by atoms with Gasteiger partial charge in [0.25, 0.3) is 0 Å². The Morgan fingerprint density at radius 2 is 1.72 bits per heavy atom. The Hall–Kier alpha value is -2.70. The Labute approximate surface area is 176 Å². The molecule has 1 aromatic heterocycles. The molecule has 152 valence electrons. The zero-order valence-corrected chi connectivity index (χ0v) is 18.0. The van der Waals surface area contributed by atoms with Gasteiger partial charge < -0.3 is 15.7 Å². The minimum Gasteiger partial charge on any atom is -0.384 e. The van der Waals surface area contributed by atoms with Crippen LogP contribution in [0.4, 0.5) is 0 Å². The summed E-state index contributed by atoms with van der Waals surface area (Å²) in [4.78, 5) is 10.5. The maximum absolute atomic E-state index is 10.8. The highest BCUT2D eigenvalue weighted by molar-refractivity contribution is 7.15. The van der Waals surface area contributed by atoms with E-state index in [1.807, 2.05) is 62.4 Å². The first-order valence-electron chi connectivity index (χ1n) is 9.81. The molecule has 29 heavy (non-hydrogen) atoms. The monoisotopic (exact) mass is 408 g/mol. The van der Waals surface area contributed by atoms with Crippen molar-refractivity contribution in [3.8, 4) is 10.6 Å². The Kier molecular flexibility index (Phi) is 7.01. The highest BCUT2D eigenvalue weighted by Crippen LogP contribution is 2.28. The Balaban J connectivity index is 1.69. The van der Waals surface area contributed by atoms with Crippen LogP contribution >= 0.6 is 11.3 Å². The molecule has 3 rings (SSSR count). The Morgan fingerprint density at radius 3 is 2.38 bits per heavy atom. The van der Waals surface area contributed by atoms with E-state index in [1.54, 1.807) is 18.3 Å². The second kappa shape index (κ2) is 9.67. The molecule has 0 radical (unpaired) electrons. The van der Waals surface area contributed by atoms with Gasteiger partial charge in [-0.25, -0.2) is 9.98 Å². The van der Waals surface area contributed by atoms with Crippen molar-refractivity contribution in [2.24, 2.45) is 4.99 Å². The minimum atomic E-state index is -0.988. The van der Waals surface area contributed by atoms with E-state index < -0.39 is 5.60 Å². The molecule has 0 amide bonds. The molecule has 6 heteroatoms. The molecule has 2 aromatic carbocycles. The topological polar surface area (TPSA) is 69.5 Å². The standard InChI is InChI=1S/C23H28N4OS/c1-4-24-22(26-16-23(3,28)19-13-9-6-10-14-19)25-15-20-17(2)27-21(29-20)18-11-7-5-8-12-18/h5-14,28H,4,15-16H2,1-3H3,(H2,24,25,26). The van der Waals surface area contributed by atoms with Crippen LogP contribution < -0.4 is 10.6 Å². The Morgan fingerprint density at radius 1 is 1.07 bits per heavy atom. The number of aliphatic hydroxyl groups is 1. The van der Waals surface area contributed by atoms with E-state index in [2.05, 4.69) is 22.8 Å². The smallest absolute Gasteiger partial charge is 0.191 e. The molecule has 0 fully saturated rings. The number of thiazole rings is 1. The number of benzene rings is 2. The SMILES string of the molecule is CCNC(=NCc1sc(-c2ccccc2)nc1C)NCC(C)(O)c1ccccc1. The van der Waals surface area contributed by atoms with Crippen LogP contribution in [-0.2, 0) is 12.1 Å². The number of nitrogens with zero attached hydrogens (tertiary/aromatic N) is 2. The van der Waals surface area contributed by atoms with Gasteiger partial charge in [0.2, 0.25) is 0 Å². The number of aryl methyl sites for hydroxylation is 1. The molecule has 5 nitrogen and oxygen atoms in total. The van der Waals surface area contributed by atoms with Gasteiger partial charge in [-0.05, 0) is 26.3 Å². The number of guanidine groups is 1. The van der Waals surface area contributed by atoms with E-state index in [-0.39, 0.29) is 0 Å². The van der Waals surface area contributed by atoms with Gasteiger partial charge in [0.1, 0.15) is 10.6 Å². The summed E-state index contributed by atoms with van der Waals surface area (Å²) in [7, 11) is 0. The molecule has 0 saturated carbocycles. The van der Waals surface area contributed by atoms with Crippen molar-refractivity contribution in [1.29, 1.82) is 0 Å². The number of nitrogens with one attached hydrogen (secondary N) is 2. The normalized spacial score (nSPS) is 13.7. The lowest BCUT2D eigenvalue weighted by Gasteiger charge is -2.25. The van der Waals surface area contributed by atoms with Crippen LogP contribution in [0.1, 0.15) is 30.0 Å². The van der Waals surface area contributed by atoms with Crippen LogP contribution in [-0.4, -0.2) is 29.1 Å². The summed E-state index contributed by atoms with van der Waals surface area (Å²) < 4.78 is 0. The zero-order chi connectivity index (χ0) is 20.7. The van der Waals surface area contributed by atoms with E-state index in [1.165, 1.54) is 0 Å². The summed E-state index contributed by atoms with van der Waals surface area (Å²) in [5.74, 6) is 0.678. The first kappa shape index (κ1) is 21.0. The van der Waals surface area contributed by atoms with Crippen molar-refractivity contribution in [2.75, 3.05) is 13.1 Å². The predicted molar refractivity (Wildman–Crippen MR) is 121 cm³/mol. The summed E-state index contributed by atoms with van der Waals surface area (Å²) in [6.45, 7) is 7.50. The molecule has 0 spiro atoms. The first-order chi connectivity index (χ1) is 14.0. The Bertz CT molecular complexity index is 936. The fraction of sp³-hybridized carbons (Fsp3) is 0.304. The largest absolute Gasteiger partial charge is 0.384 e. The highest BCUT2D eigenvalue weighted by atomic mass is 32.1. The van der Waals surface area contributed by atoms with Gasteiger partial charge >= 0.3 is 0 Å². The molecule has 0 bridgehead atoms. The van der Waals surface area contributed by atoms with Crippen LogP contribution in [0.3, 0.4) is 0 Å². The van der Waals surface area contributed by atoms with E-state index in [0.29, 0.717) is 19.0 Å². The third-order valence-corrected chi connectivity index (χ3v) is 5.83. The number of aliphatic imine (C=N–C) groups is 1. The summed E-state index contributed by atoms with van der Waals surface area (Å²) in [5, 5.41) is 18.3.